The first-order valence-electron chi connectivity index (χ1n) is 7.64. The maximum Gasteiger partial charge on any atom is 0.242 e. The molecule has 3 rings (SSSR count). The molecule has 1 atom stereocenters. The van der Waals surface area contributed by atoms with Gasteiger partial charge >= 0.3 is 0 Å². The number of carbonyl (C=O) groups excluding carboxylic acids is 2. The van der Waals surface area contributed by atoms with Crippen LogP contribution in [0.3, 0.4) is 0 Å². The van der Waals surface area contributed by atoms with Gasteiger partial charge < -0.3 is 10.6 Å². The number of hydrogen-bond acceptors (Lipinski definition) is 5. The van der Waals surface area contributed by atoms with E-state index in [4.69, 9.17) is 0 Å². The van der Waals surface area contributed by atoms with E-state index in [2.05, 4.69) is 26.2 Å². The van der Waals surface area contributed by atoms with Crippen LogP contribution in [0.25, 0.3) is 5.69 Å². The van der Waals surface area contributed by atoms with Gasteiger partial charge in [-0.15, -0.1) is 5.10 Å². The van der Waals surface area contributed by atoms with Crippen molar-refractivity contribution in [2.45, 2.75) is 31.7 Å². The molecule has 0 saturated carbocycles. The lowest BCUT2D eigenvalue weighted by Crippen LogP contribution is -2.50. The van der Waals surface area contributed by atoms with Gasteiger partial charge in [0.1, 0.15) is 6.04 Å². The van der Waals surface area contributed by atoms with Crippen molar-refractivity contribution in [1.82, 2.24) is 30.8 Å². The monoisotopic (exact) mass is 314 g/mol. The second-order valence-electron chi connectivity index (χ2n) is 5.40. The van der Waals surface area contributed by atoms with Gasteiger partial charge in [0, 0.05) is 19.4 Å². The van der Waals surface area contributed by atoms with Crippen molar-refractivity contribution in [1.29, 1.82) is 0 Å². The molecule has 8 nitrogen and oxygen atoms in total. The van der Waals surface area contributed by atoms with Gasteiger partial charge in [-0.2, -0.15) is 4.68 Å². The van der Waals surface area contributed by atoms with Crippen LogP contribution in [0.1, 0.15) is 25.1 Å². The number of rotatable bonds is 5. The third-order valence-corrected chi connectivity index (χ3v) is 3.73. The zero-order valence-corrected chi connectivity index (χ0v) is 12.6. The molecule has 1 aliphatic rings. The van der Waals surface area contributed by atoms with Crippen LogP contribution in [-0.4, -0.2) is 44.6 Å². The molecular weight excluding hydrogens is 296 g/mol. The molecule has 0 bridgehead atoms. The molecule has 1 aromatic carbocycles. The third kappa shape index (κ3) is 3.71. The lowest BCUT2D eigenvalue weighted by molar-refractivity contribution is -0.130. The van der Waals surface area contributed by atoms with Crippen molar-refractivity contribution in [3.05, 3.63) is 36.2 Å². The molecule has 8 heteroatoms. The van der Waals surface area contributed by atoms with E-state index in [1.807, 2.05) is 30.3 Å². The number of carbonyl (C=O) groups is 2. The molecule has 0 spiro atoms. The minimum absolute atomic E-state index is 0.112. The van der Waals surface area contributed by atoms with Crippen LogP contribution < -0.4 is 10.6 Å². The molecule has 1 aromatic heterocycles. The molecule has 1 aliphatic heterocycles. The molecule has 1 saturated heterocycles. The number of nitrogens with zero attached hydrogens (tertiary/aromatic N) is 4. The number of tetrazole rings is 1. The number of aromatic nitrogens is 4. The van der Waals surface area contributed by atoms with E-state index in [0.717, 1.165) is 12.1 Å². The van der Waals surface area contributed by atoms with Crippen LogP contribution in [0.2, 0.25) is 0 Å². The predicted octanol–water partition coefficient (Wildman–Crippen LogP) is -0.0103. The molecule has 1 fully saturated rings. The predicted molar refractivity (Wildman–Crippen MR) is 81.6 cm³/mol. The van der Waals surface area contributed by atoms with Gasteiger partial charge in [0.2, 0.25) is 11.8 Å². The Morgan fingerprint density at radius 1 is 1.35 bits per heavy atom. The summed E-state index contributed by atoms with van der Waals surface area (Å²) in [7, 11) is 0. The van der Waals surface area contributed by atoms with Gasteiger partial charge in [-0.1, -0.05) is 18.2 Å². The first-order chi connectivity index (χ1) is 11.2. The summed E-state index contributed by atoms with van der Waals surface area (Å²) in [6.45, 7) is 0.678. The van der Waals surface area contributed by atoms with E-state index in [-0.39, 0.29) is 18.2 Å². The maximum atomic E-state index is 12.0. The summed E-state index contributed by atoms with van der Waals surface area (Å²) < 4.78 is 1.61. The fourth-order valence-corrected chi connectivity index (χ4v) is 2.53. The highest BCUT2D eigenvalue weighted by Gasteiger charge is 2.23. The Bertz CT molecular complexity index is 684. The second kappa shape index (κ2) is 6.99. The van der Waals surface area contributed by atoms with Gasteiger partial charge in [0.25, 0.3) is 0 Å². The molecule has 23 heavy (non-hydrogen) atoms. The number of piperidine rings is 1. The standard InChI is InChI=1S/C15H18N6O2/c22-14(17-12-7-4-10-16-15(12)23)9-8-13-18-19-20-21(13)11-5-2-1-3-6-11/h1-3,5-6,12H,4,7-10H2,(H,16,23)(H,17,22)/t12-/m0/s1. The highest BCUT2D eigenvalue weighted by Crippen LogP contribution is 2.09. The van der Waals surface area contributed by atoms with Crippen LogP contribution >= 0.6 is 0 Å². The van der Waals surface area contributed by atoms with E-state index in [1.165, 1.54) is 0 Å². The Hall–Kier alpha value is -2.77. The lowest BCUT2D eigenvalue weighted by Gasteiger charge is -2.22. The van der Waals surface area contributed by atoms with Crippen molar-refractivity contribution >= 4 is 11.8 Å². The van der Waals surface area contributed by atoms with Gasteiger partial charge in [0.15, 0.2) is 5.82 Å². The normalized spacial score (nSPS) is 17.6. The van der Waals surface area contributed by atoms with Crippen LogP contribution in [0.5, 0.6) is 0 Å². The number of amides is 2. The van der Waals surface area contributed by atoms with Gasteiger partial charge in [-0.25, -0.2) is 0 Å². The van der Waals surface area contributed by atoms with E-state index in [1.54, 1.807) is 4.68 Å². The second-order valence-corrected chi connectivity index (χ2v) is 5.40. The summed E-state index contributed by atoms with van der Waals surface area (Å²) in [5.41, 5.74) is 0.847. The van der Waals surface area contributed by atoms with Crippen molar-refractivity contribution in [2.75, 3.05) is 6.54 Å². The number of benzene rings is 1. The highest BCUT2D eigenvalue weighted by molar-refractivity contribution is 5.88. The first kappa shape index (κ1) is 15.1. The van der Waals surface area contributed by atoms with E-state index in [9.17, 15) is 9.59 Å². The zero-order valence-electron chi connectivity index (χ0n) is 12.6. The number of hydrogen-bond donors (Lipinski definition) is 2. The van der Waals surface area contributed by atoms with Crippen molar-refractivity contribution in [3.8, 4) is 5.69 Å². The summed E-state index contributed by atoms with van der Waals surface area (Å²) in [5.74, 6) is 0.327. The van der Waals surface area contributed by atoms with Gasteiger partial charge in [0.05, 0.1) is 5.69 Å². The van der Waals surface area contributed by atoms with Crippen LogP contribution in [0, 0.1) is 0 Å². The minimum atomic E-state index is -0.429. The Balaban J connectivity index is 1.58. The van der Waals surface area contributed by atoms with E-state index in [0.29, 0.717) is 25.2 Å². The maximum absolute atomic E-state index is 12.0. The van der Waals surface area contributed by atoms with Crippen molar-refractivity contribution < 1.29 is 9.59 Å². The number of nitrogens with one attached hydrogen (secondary N) is 2. The fourth-order valence-electron chi connectivity index (χ4n) is 2.53. The molecular formula is C15H18N6O2. The Morgan fingerprint density at radius 2 is 2.17 bits per heavy atom. The Labute approximate surface area is 133 Å². The molecule has 0 aliphatic carbocycles. The van der Waals surface area contributed by atoms with Crippen LogP contribution in [-0.2, 0) is 16.0 Å². The van der Waals surface area contributed by atoms with Crippen LogP contribution in [0.15, 0.2) is 30.3 Å². The van der Waals surface area contributed by atoms with Crippen molar-refractivity contribution in [2.24, 2.45) is 0 Å². The first-order valence-corrected chi connectivity index (χ1v) is 7.64. The van der Waals surface area contributed by atoms with Crippen LogP contribution in [0.4, 0.5) is 0 Å². The summed E-state index contributed by atoms with van der Waals surface area (Å²) in [5, 5.41) is 17.1. The molecule has 2 N–H and O–H groups in total. The molecule has 2 heterocycles. The smallest absolute Gasteiger partial charge is 0.242 e. The molecule has 2 amide bonds. The summed E-state index contributed by atoms with van der Waals surface area (Å²) in [6, 6.07) is 9.07. The summed E-state index contributed by atoms with van der Waals surface area (Å²) >= 11 is 0. The topological polar surface area (TPSA) is 102 Å². The summed E-state index contributed by atoms with van der Waals surface area (Å²) in [4.78, 5) is 23.7. The average Bonchev–Trinajstić information content (AvgIpc) is 3.04. The Kier molecular flexibility index (Phi) is 4.60. The quantitative estimate of drug-likeness (QED) is 0.808. The van der Waals surface area contributed by atoms with Gasteiger partial charge in [-0.05, 0) is 35.4 Å². The number of para-hydroxylation sites is 1. The van der Waals surface area contributed by atoms with E-state index >= 15 is 0 Å². The largest absolute Gasteiger partial charge is 0.354 e. The van der Waals surface area contributed by atoms with E-state index < -0.39 is 6.04 Å². The number of aryl methyl sites for hydroxylation is 1. The molecule has 0 radical (unpaired) electrons. The van der Waals surface area contributed by atoms with Gasteiger partial charge in [-0.3, -0.25) is 9.59 Å². The SMILES string of the molecule is O=C(CCc1nnnn1-c1ccccc1)N[C@H]1CCCNC1=O. The average molecular weight is 314 g/mol. The molecule has 0 unspecified atom stereocenters. The Morgan fingerprint density at radius 3 is 2.96 bits per heavy atom. The zero-order chi connectivity index (χ0) is 16.1. The minimum Gasteiger partial charge on any atom is -0.354 e. The highest BCUT2D eigenvalue weighted by atomic mass is 16.2. The summed E-state index contributed by atoms with van der Waals surface area (Å²) in [6.07, 6.45) is 2.20. The van der Waals surface area contributed by atoms with Crippen molar-refractivity contribution in [3.63, 3.8) is 0 Å². The molecule has 2 aromatic rings. The fraction of sp³-hybridized carbons (Fsp3) is 0.400. The lowest BCUT2D eigenvalue weighted by atomic mass is 10.1. The molecule has 120 valence electrons. The third-order valence-electron chi connectivity index (χ3n) is 3.73.